The van der Waals surface area contributed by atoms with Crippen molar-refractivity contribution in [1.29, 1.82) is 0 Å². The molecular weight excluding hydrogens is 230 g/mol. The van der Waals surface area contributed by atoms with Crippen molar-refractivity contribution >= 4 is 5.91 Å². The fourth-order valence-corrected chi connectivity index (χ4v) is 2.28. The summed E-state index contributed by atoms with van der Waals surface area (Å²) >= 11 is 0. The van der Waals surface area contributed by atoms with Gasteiger partial charge in [-0.1, -0.05) is 12.8 Å². The van der Waals surface area contributed by atoms with Gasteiger partial charge in [-0.25, -0.2) is 0 Å². The van der Waals surface area contributed by atoms with Crippen LogP contribution >= 0.6 is 0 Å². The number of likely N-dealkylation sites (tertiary alicyclic amines) is 1. The lowest BCUT2D eigenvalue weighted by Gasteiger charge is -2.26. The molecule has 1 fully saturated rings. The highest BCUT2D eigenvalue weighted by molar-refractivity contribution is 5.78. The van der Waals surface area contributed by atoms with Crippen molar-refractivity contribution in [3.63, 3.8) is 0 Å². The minimum Gasteiger partial charge on any atom is -0.383 e. The molecule has 0 bridgehead atoms. The number of amides is 1. The molecule has 1 rings (SSSR count). The summed E-state index contributed by atoms with van der Waals surface area (Å²) in [6, 6.07) is 0. The zero-order valence-corrected chi connectivity index (χ0v) is 11.6. The van der Waals surface area contributed by atoms with E-state index in [0.29, 0.717) is 19.7 Å². The number of ether oxygens (including phenoxy) is 1. The van der Waals surface area contributed by atoms with Crippen molar-refractivity contribution in [1.82, 2.24) is 9.80 Å². The summed E-state index contributed by atoms with van der Waals surface area (Å²) < 4.78 is 5.06. The quantitative estimate of drug-likeness (QED) is 0.712. The predicted octanol–water partition coefficient (Wildman–Crippen LogP) is 0.296. The first-order valence-corrected chi connectivity index (χ1v) is 6.97. The molecule has 0 radical (unpaired) electrons. The van der Waals surface area contributed by atoms with Gasteiger partial charge in [-0.05, 0) is 12.8 Å². The van der Waals surface area contributed by atoms with Gasteiger partial charge in [-0.3, -0.25) is 9.69 Å². The first-order valence-electron chi connectivity index (χ1n) is 6.97. The summed E-state index contributed by atoms with van der Waals surface area (Å²) in [7, 11) is 1.68. The minimum atomic E-state index is 0.237. The second-order valence-electron chi connectivity index (χ2n) is 4.85. The summed E-state index contributed by atoms with van der Waals surface area (Å²) in [6.45, 7) is 5.06. The van der Waals surface area contributed by atoms with E-state index in [1.165, 1.54) is 12.8 Å². The van der Waals surface area contributed by atoms with Crippen LogP contribution in [0.25, 0.3) is 0 Å². The summed E-state index contributed by atoms with van der Waals surface area (Å²) in [4.78, 5) is 16.3. The summed E-state index contributed by atoms with van der Waals surface area (Å²) in [5.74, 6) is 0.237. The SMILES string of the molecule is COCCN(CCN)CC(=O)N1CCCCCC1. The highest BCUT2D eigenvalue weighted by Crippen LogP contribution is 2.10. The summed E-state index contributed by atoms with van der Waals surface area (Å²) in [5.41, 5.74) is 5.57. The summed E-state index contributed by atoms with van der Waals surface area (Å²) in [5, 5.41) is 0. The van der Waals surface area contributed by atoms with Crippen molar-refractivity contribution in [2.45, 2.75) is 25.7 Å². The summed E-state index contributed by atoms with van der Waals surface area (Å²) in [6.07, 6.45) is 4.78. The standard InChI is InChI=1S/C13H27N3O2/c1-18-11-10-15(9-6-14)12-13(17)16-7-4-2-3-5-8-16/h2-12,14H2,1H3. The molecule has 2 N–H and O–H groups in total. The lowest BCUT2D eigenvalue weighted by atomic mass is 10.2. The number of hydrogen-bond donors (Lipinski definition) is 1. The van der Waals surface area contributed by atoms with Gasteiger partial charge in [0.2, 0.25) is 5.91 Å². The molecule has 1 aliphatic heterocycles. The molecule has 1 amide bonds. The number of carbonyl (C=O) groups excluding carboxylic acids is 1. The van der Waals surface area contributed by atoms with E-state index in [0.717, 1.165) is 39.0 Å². The molecule has 5 nitrogen and oxygen atoms in total. The average Bonchev–Trinajstić information content (AvgIpc) is 2.65. The van der Waals surface area contributed by atoms with Crippen molar-refractivity contribution in [3.8, 4) is 0 Å². The molecule has 0 saturated carbocycles. The van der Waals surface area contributed by atoms with Gasteiger partial charge >= 0.3 is 0 Å². The van der Waals surface area contributed by atoms with Crippen LogP contribution in [0.2, 0.25) is 0 Å². The normalized spacial score (nSPS) is 16.9. The number of nitrogens with zero attached hydrogens (tertiary/aromatic N) is 2. The second kappa shape index (κ2) is 9.30. The van der Waals surface area contributed by atoms with Crippen LogP contribution in [0, 0.1) is 0 Å². The molecule has 0 aliphatic carbocycles. The topological polar surface area (TPSA) is 58.8 Å². The second-order valence-corrected chi connectivity index (χ2v) is 4.85. The van der Waals surface area contributed by atoms with Crippen molar-refractivity contribution in [3.05, 3.63) is 0 Å². The van der Waals surface area contributed by atoms with Crippen molar-refractivity contribution < 1.29 is 9.53 Å². The van der Waals surface area contributed by atoms with Gasteiger partial charge in [-0.15, -0.1) is 0 Å². The monoisotopic (exact) mass is 257 g/mol. The van der Waals surface area contributed by atoms with Crippen molar-refractivity contribution in [2.75, 3.05) is 53.0 Å². The highest BCUT2D eigenvalue weighted by atomic mass is 16.5. The molecule has 18 heavy (non-hydrogen) atoms. The number of methoxy groups -OCH3 is 1. The van der Waals surface area contributed by atoms with Crippen LogP contribution in [0.15, 0.2) is 0 Å². The minimum absolute atomic E-state index is 0.237. The Morgan fingerprint density at radius 1 is 1.22 bits per heavy atom. The fraction of sp³-hybridized carbons (Fsp3) is 0.923. The molecule has 106 valence electrons. The van der Waals surface area contributed by atoms with Crippen LogP contribution in [0.1, 0.15) is 25.7 Å². The lowest BCUT2D eigenvalue weighted by molar-refractivity contribution is -0.132. The number of hydrogen-bond acceptors (Lipinski definition) is 4. The Bertz CT molecular complexity index is 228. The van der Waals surface area contributed by atoms with E-state index in [-0.39, 0.29) is 5.91 Å². The number of nitrogens with two attached hydrogens (primary N) is 1. The van der Waals surface area contributed by atoms with Crippen LogP contribution in [-0.2, 0) is 9.53 Å². The van der Waals surface area contributed by atoms with E-state index < -0.39 is 0 Å². The largest absolute Gasteiger partial charge is 0.383 e. The van der Waals surface area contributed by atoms with E-state index in [4.69, 9.17) is 10.5 Å². The third-order valence-electron chi connectivity index (χ3n) is 3.37. The Morgan fingerprint density at radius 3 is 2.44 bits per heavy atom. The molecule has 1 saturated heterocycles. The Balaban J connectivity index is 2.37. The molecule has 1 heterocycles. The predicted molar refractivity (Wildman–Crippen MR) is 72.4 cm³/mol. The van der Waals surface area contributed by atoms with Gasteiger partial charge < -0.3 is 15.4 Å². The Kier molecular flexibility index (Phi) is 7.96. The van der Waals surface area contributed by atoms with Crippen LogP contribution in [0.4, 0.5) is 0 Å². The molecule has 1 aliphatic rings. The van der Waals surface area contributed by atoms with E-state index in [2.05, 4.69) is 4.90 Å². The zero-order chi connectivity index (χ0) is 13.2. The van der Waals surface area contributed by atoms with Gasteiger partial charge in [0.05, 0.1) is 13.2 Å². The van der Waals surface area contributed by atoms with Gasteiger partial charge in [0.1, 0.15) is 0 Å². The molecule has 0 aromatic heterocycles. The average molecular weight is 257 g/mol. The number of rotatable bonds is 7. The Hall–Kier alpha value is -0.650. The molecular formula is C13H27N3O2. The fourth-order valence-electron chi connectivity index (χ4n) is 2.28. The maximum absolute atomic E-state index is 12.2. The molecule has 0 atom stereocenters. The van der Waals surface area contributed by atoms with Crippen LogP contribution in [-0.4, -0.2) is 68.7 Å². The van der Waals surface area contributed by atoms with E-state index in [1.54, 1.807) is 7.11 Å². The van der Waals surface area contributed by atoms with E-state index in [1.807, 2.05) is 4.90 Å². The molecule has 5 heteroatoms. The Labute approximate surface area is 110 Å². The van der Waals surface area contributed by atoms with Gasteiger partial charge in [0, 0.05) is 39.8 Å². The van der Waals surface area contributed by atoms with Crippen LogP contribution in [0.3, 0.4) is 0 Å². The Morgan fingerprint density at radius 2 is 1.89 bits per heavy atom. The molecule has 0 aromatic carbocycles. The third-order valence-corrected chi connectivity index (χ3v) is 3.37. The first-order chi connectivity index (χ1) is 8.77. The van der Waals surface area contributed by atoms with E-state index in [9.17, 15) is 4.79 Å². The maximum atomic E-state index is 12.2. The third kappa shape index (κ3) is 5.80. The molecule has 0 aromatic rings. The van der Waals surface area contributed by atoms with Gasteiger partial charge in [0.25, 0.3) is 0 Å². The van der Waals surface area contributed by atoms with Gasteiger partial charge in [0.15, 0.2) is 0 Å². The zero-order valence-electron chi connectivity index (χ0n) is 11.6. The highest BCUT2D eigenvalue weighted by Gasteiger charge is 2.18. The van der Waals surface area contributed by atoms with E-state index >= 15 is 0 Å². The van der Waals surface area contributed by atoms with Crippen molar-refractivity contribution in [2.24, 2.45) is 5.73 Å². The lowest BCUT2D eigenvalue weighted by Crippen LogP contribution is -2.43. The first kappa shape index (κ1) is 15.4. The molecule has 0 unspecified atom stereocenters. The van der Waals surface area contributed by atoms with Gasteiger partial charge in [-0.2, -0.15) is 0 Å². The van der Waals surface area contributed by atoms with Crippen LogP contribution in [0.5, 0.6) is 0 Å². The maximum Gasteiger partial charge on any atom is 0.236 e. The number of carbonyl (C=O) groups is 1. The smallest absolute Gasteiger partial charge is 0.236 e. The molecule has 0 spiro atoms. The van der Waals surface area contributed by atoms with Crippen LogP contribution < -0.4 is 5.73 Å².